The van der Waals surface area contributed by atoms with Crippen LogP contribution in [0, 0.1) is 6.92 Å². The molecule has 1 saturated carbocycles. The van der Waals surface area contributed by atoms with Gasteiger partial charge in [-0.15, -0.1) is 0 Å². The minimum atomic E-state index is -0.892. The van der Waals surface area contributed by atoms with Crippen LogP contribution in [0.2, 0.25) is 5.02 Å². The molecule has 33 heavy (non-hydrogen) atoms. The number of halogens is 1. The Kier molecular flexibility index (Phi) is 6.42. The second-order valence-electron chi connectivity index (χ2n) is 8.19. The van der Waals surface area contributed by atoms with Crippen LogP contribution < -0.4 is 10.1 Å². The standard InChI is InChI=1S/C25H25ClN2O5/c1-14-20(13-23(29)33-15(2)24(30)27-18-8-9-18)21-12-19(32-3)10-11-22(21)28(14)25(31)16-4-6-17(26)7-5-16/h4-7,10-12,15,18H,8-9,13H2,1-3H3,(H,27,30)/t15-/m1/s1. The highest BCUT2D eigenvalue weighted by molar-refractivity contribution is 6.30. The summed E-state index contributed by atoms with van der Waals surface area (Å²) in [7, 11) is 1.55. The van der Waals surface area contributed by atoms with Gasteiger partial charge in [0.25, 0.3) is 11.8 Å². The van der Waals surface area contributed by atoms with Gasteiger partial charge in [0.15, 0.2) is 6.10 Å². The van der Waals surface area contributed by atoms with E-state index in [2.05, 4.69) is 5.32 Å². The predicted molar refractivity (Wildman–Crippen MR) is 125 cm³/mol. The van der Waals surface area contributed by atoms with Crippen molar-refractivity contribution in [2.24, 2.45) is 0 Å². The van der Waals surface area contributed by atoms with Crippen molar-refractivity contribution < 1.29 is 23.9 Å². The fourth-order valence-electron chi connectivity index (χ4n) is 3.78. The topological polar surface area (TPSA) is 86.6 Å². The number of esters is 1. The highest BCUT2D eigenvalue weighted by Gasteiger charge is 2.28. The van der Waals surface area contributed by atoms with Gasteiger partial charge in [0.1, 0.15) is 5.75 Å². The third kappa shape index (κ3) is 4.88. The number of aromatic nitrogens is 1. The van der Waals surface area contributed by atoms with Crippen LogP contribution in [0.3, 0.4) is 0 Å². The van der Waals surface area contributed by atoms with Crippen LogP contribution in [0.1, 0.15) is 41.4 Å². The van der Waals surface area contributed by atoms with E-state index in [-0.39, 0.29) is 24.3 Å². The molecule has 4 rings (SSSR count). The van der Waals surface area contributed by atoms with E-state index in [0.29, 0.717) is 38.5 Å². The molecule has 1 atom stereocenters. The number of rotatable bonds is 7. The van der Waals surface area contributed by atoms with Crippen molar-refractivity contribution >= 4 is 40.3 Å². The first-order chi connectivity index (χ1) is 15.8. The number of methoxy groups -OCH3 is 1. The average Bonchev–Trinajstić information content (AvgIpc) is 3.57. The fourth-order valence-corrected chi connectivity index (χ4v) is 3.90. The van der Waals surface area contributed by atoms with Gasteiger partial charge in [-0.1, -0.05) is 11.6 Å². The van der Waals surface area contributed by atoms with Gasteiger partial charge in [-0.2, -0.15) is 0 Å². The summed E-state index contributed by atoms with van der Waals surface area (Å²) in [5.74, 6) is -0.483. The van der Waals surface area contributed by atoms with Crippen molar-refractivity contribution in [3.05, 3.63) is 64.3 Å². The Balaban J connectivity index is 1.66. The lowest BCUT2D eigenvalue weighted by Crippen LogP contribution is -2.37. The van der Waals surface area contributed by atoms with E-state index in [1.54, 1.807) is 68.0 Å². The smallest absolute Gasteiger partial charge is 0.311 e. The Bertz CT molecular complexity index is 1230. The van der Waals surface area contributed by atoms with Crippen molar-refractivity contribution in [1.29, 1.82) is 0 Å². The highest BCUT2D eigenvalue weighted by atomic mass is 35.5. The number of hydrogen-bond donors (Lipinski definition) is 1. The molecule has 0 bridgehead atoms. The Hall–Kier alpha value is -3.32. The molecule has 0 aliphatic heterocycles. The molecule has 3 aromatic rings. The maximum absolute atomic E-state index is 13.3. The zero-order chi connectivity index (χ0) is 23.7. The molecule has 7 nitrogen and oxygen atoms in total. The van der Waals surface area contributed by atoms with Gasteiger partial charge in [-0.05, 0) is 74.7 Å². The quantitative estimate of drug-likeness (QED) is 0.528. The summed E-state index contributed by atoms with van der Waals surface area (Å²) >= 11 is 5.97. The van der Waals surface area contributed by atoms with Crippen molar-refractivity contribution in [1.82, 2.24) is 9.88 Å². The van der Waals surface area contributed by atoms with Crippen LogP contribution >= 0.6 is 11.6 Å². The third-order valence-electron chi connectivity index (χ3n) is 5.76. The second kappa shape index (κ2) is 9.27. The van der Waals surface area contributed by atoms with Crippen LogP contribution in [0.25, 0.3) is 10.9 Å². The number of hydrogen-bond acceptors (Lipinski definition) is 5. The van der Waals surface area contributed by atoms with Crippen LogP contribution in [-0.4, -0.2) is 41.6 Å². The van der Waals surface area contributed by atoms with E-state index in [1.807, 2.05) is 0 Å². The van der Waals surface area contributed by atoms with Crippen molar-refractivity contribution in [2.75, 3.05) is 7.11 Å². The summed E-state index contributed by atoms with van der Waals surface area (Å²) in [5.41, 5.74) is 2.38. The molecule has 1 aromatic heterocycles. The average molecular weight is 469 g/mol. The van der Waals surface area contributed by atoms with Gasteiger partial charge in [0, 0.05) is 27.7 Å². The molecule has 1 amide bonds. The SMILES string of the molecule is COc1ccc2c(c1)c(CC(=O)O[C@H](C)C(=O)NC1CC1)c(C)n2C(=O)c1ccc(Cl)cc1. The van der Waals surface area contributed by atoms with Gasteiger partial charge in [-0.3, -0.25) is 19.0 Å². The maximum Gasteiger partial charge on any atom is 0.311 e. The summed E-state index contributed by atoms with van der Waals surface area (Å²) < 4.78 is 12.3. The molecule has 0 spiro atoms. The molecule has 0 unspecified atom stereocenters. The van der Waals surface area contributed by atoms with Gasteiger partial charge in [-0.25, -0.2) is 0 Å². The summed E-state index contributed by atoms with van der Waals surface area (Å²) in [4.78, 5) is 38.2. The lowest BCUT2D eigenvalue weighted by Gasteiger charge is -2.13. The number of nitrogens with zero attached hydrogens (tertiary/aromatic N) is 1. The molecule has 2 aromatic carbocycles. The van der Waals surface area contributed by atoms with E-state index in [9.17, 15) is 14.4 Å². The minimum Gasteiger partial charge on any atom is -0.497 e. The molecule has 0 radical (unpaired) electrons. The molecule has 1 fully saturated rings. The van der Waals surface area contributed by atoms with Crippen molar-refractivity contribution in [2.45, 2.75) is 45.3 Å². The number of benzene rings is 2. The van der Waals surface area contributed by atoms with E-state index in [0.717, 1.165) is 12.8 Å². The predicted octanol–water partition coefficient (Wildman–Crippen LogP) is 4.05. The zero-order valence-corrected chi connectivity index (χ0v) is 19.4. The van der Waals surface area contributed by atoms with Gasteiger partial charge >= 0.3 is 5.97 Å². The van der Waals surface area contributed by atoms with Crippen molar-refractivity contribution in [3.63, 3.8) is 0 Å². The fraction of sp³-hybridized carbons (Fsp3) is 0.320. The lowest BCUT2D eigenvalue weighted by molar-refractivity contribution is -0.154. The maximum atomic E-state index is 13.3. The first-order valence-corrected chi connectivity index (χ1v) is 11.1. The first kappa shape index (κ1) is 22.9. The normalized spacial score (nSPS) is 14.1. The number of carbonyl (C=O) groups is 3. The summed E-state index contributed by atoms with van der Waals surface area (Å²) in [6.07, 6.45) is 0.928. The van der Waals surface area contributed by atoms with Gasteiger partial charge in [0.2, 0.25) is 0 Å². The molecule has 1 aliphatic rings. The van der Waals surface area contributed by atoms with E-state index < -0.39 is 12.1 Å². The van der Waals surface area contributed by atoms with E-state index in [1.165, 1.54) is 0 Å². The molecule has 172 valence electrons. The first-order valence-electron chi connectivity index (χ1n) is 10.8. The largest absolute Gasteiger partial charge is 0.497 e. The number of fused-ring (bicyclic) bond motifs is 1. The molecule has 0 saturated heterocycles. The molecular weight excluding hydrogens is 444 g/mol. The summed E-state index contributed by atoms with van der Waals surface area (Å²) in [5, 5.41) is 4.07. The molecule has 1 N–H and O–H groups in total. The second-order valence-corrected chi connectivity index (χ2v) is 8.62. The van der Waals surface area contributed by atoms with Crippen molar-refractivity contribution in [3.8, 4) is 5.75 Å². The number of nitrogens with one attached hydrogen (secondary N) is 1. The number of amides is 1. The Morgan fingerprint density at radius 3 is 2.48 bits per heavy atom. The molecule has 8 heteroatoms. The third-order valence-corrected chi connectivity index (χ3v) is 6.01. The number of ether oxygens (including phenoxy) is 2. The molecule has 1 aliphatic carbocycles. The Morgan fingerprint density at radius 1 is 1.15 bits per heavy atom. The van der Waals surface area contributed by atoms with Crippen LogP contribution in [0.4, 0.5) is 0 Å². The summed E-state index contributed by atoms with van der Waals surface area (Å²) in [6, 6.07) is 12.2. The monoisotopic (exact) mass is 468 g/mol. The zero-order valence-electron chi connectivity index (χ0n) is 18.7. The molecular formula is C25H25ClN2O5. The summed E-state index contributed by atoms with van der Waals surface area (Å²) in [6.45, 7) is 3.34. The van der Waals surface area contributed by atoms with Gasteiger partial charge in [0.05, 0.1) is 19.0 Å². The van der Waals surface area contributed by atoms with E-state index in [4.69, 9.17) is 21.1 Å². The Labute approximate surface area is 196 Å². The van der Waals surface area contributed by atoms with E-state index >= 15 is 0 Å². The van der Waals surface area contributed by atoms with Crippen LogP contribution in [0.15, 0.2) is 42.5 Å². The van der Waals surface area contributed by atoms with Crippen LogP contribution in [0.5, 0.6) is 5.75 Å². The number of carbonyl (C=O) groups excluding carboxylic acids is 3. The Morgan fingerprint density at radius 2 is 1.85 bits per heavy atom. The highest BCUT2D eigenvalue weighted by Crippen LogP contribution is 2.31. The van der Waals surface area contributed by atoms with Crippen LogP contribution in [-0.2, 0) is 20.7 Å². The molecule has 1 heterocycles. The lowest BCUT2D eigenvalue weighted by atomic mass is 10.1. The minimum absolute atomic E-state index is 0.0859. The van der Waals surface area contributed by atoms with Gasteiger partial charge < -0.3 is 14.8 Å².